The minimum absolute atomic E-state index is 0.162. The number of amides is 2. The molecule has 1 aliphatic heterocycles. The lowest BCUT2D eigenvalue weighted by Crippen LogP contribution is -2.29. The molecule has 1 heterocycles. The van der Waals surface area contributed by atoms with E-state index in [9.17, 15) is 9.59 Å². The standard InChI is InChI=1S/C25H22N2O3/c1-30-23(26)20-14-12-18(13-15-20)7-6-17-8-10-19(11-9-17)16-27-24(28)21-4-2-3-5-22(21)25(27)29/h2-5,8-15,26H,6-7,16H2,1H3. The summed E-state index contributed by atoms with van der Waals surface area (Å²) in [4.78, 5) is 26.3. The molecule has 0 spiro atoms. The van der Waals surface area contributed by atoms with Crippen LogP contribution in [0.25, 0.3) is 0 Å². The summed E-state index contributed by atoms with van der Waals surface area (Å²) >= 11 is 0. The Morgan fingerprint density at radius 1 is 0.767 bits per heavy atom. The Morgan fingerprint density at radius 3 is 1.73 bits per heavy atom. The SMILES string of the molecule is COC(=N)c1ccc(CCc2ccc(CN3C(=O)c4ccccc4C3=O)cc2)cc1. The number of methoxy groups -OCH3 is 1. The van der Waals surface area contributed by atoms with E-state index >= 15 is 0 Å². The number of imide groups is 1. The van der Waals surface area contributed by atoms with Gasteiger partial charge in [-0.3, -0.25) is 19.9 Å². The number of nitrogens with one attached hydrogen (secondary N) is 1. The smallest absolute Gasteiger partial charge is 0.261 e. The number of rotatable bonds is 6. The number of hydrogen-bond donors (Lipinski definition) is 1. The summed E-state index contributed by atoms with van der Waals surface area (Å²) in [6.45, 7) is 0.277. The molecule has 5 heteroatoms. The van der Waals surface area contributed by atoms with Crippen LogP contribution in [-0.2, 0) is 24.1 Å². The van der Waals surface area contributed by atoms with Gasteiger partial charge in [-0.2, -0.15) is 0 Å². The van der Waals surface area contributed by atoms with E-state index in [-0.39, 0.29) is 24.3 Å². The highest BCUT2D eigenvalue weighted by molar-refractivity contribution is 6.21. The van der Waals surface area contributed by atoms with Crippen molar-refractivity contribution in [2.24, 2.45) is 0 Å². The molecule has 150 valence electrons. The van der Waals surface area contributed by atoms with Crippen LogP contribution in [-0.4, -0.2) is 29.7 Å². The minimum atomic E-state index is -0.232. The van der Waals surface area contributed by atoms with Crippen molar-refractivity contribution in [3.8, 4) is 0 Å². The number of benzene rings is 3. The second kappa shape index (κ2) is 8.33. The Morgan fingerprint density at radius 2 is 1.23 bits per heavy atom. The van der Waals surface area contributed by atoms with Gasteiger partial charge >= 0.3 is 0 Å². The molecule has 0 bridgehead atoms. The molecular weight excluding hydrogens is 376 g/mol. The van der Waals surface area contributed by atoms with E-state index in [1.165, 1.54) is 23.1 Å². The van der Waals surface area contributed by atoms with Crippen molar-refractivity contribution in [1.29, 1.82) is 5.41 Å². The number of carbonyl (C=O) groups is 2. The Balaban J connectivity index is 1.36. The molecule has 0 radical (unpaired) electrons. The average molecular weight is 398 g/mol. The summed E-state index contributed by atoms with van der Waals surface area (Å²) in [5, 5.41) is 7.68. The van der Waals surface area contributed by atoms with Crippen LogP contribution in [0.4, 0.5) is 0 Å². The first kappa shape index (κ1) is 19.6. The van der Waals surface area contributed by atoms with Gasteiger partial charge in [0.1, 0.15) is 0 Å². The fourth-order valence-corrected chi connectivity index (χ4v) is 3.61. The van der Waals surface area contributed by atoms with Gasteiger partial charge in [-0.15, -0.1) is 0 Å². The Kier molecular flexibility index (Phi) is 5.44. The molecular formula is C25H22N2O3. The van der Waals surface area contributed by atoms with Crippen molar-refractivity contribution in [2.45, 2.75) is 19.4 Å². The summed E-state index contributed by atoms with van der Waals surface area (Å²) in [6.07, 6.45) is 1.77. The van der Waals surface area contributed by atoms with Gasteiger partial charge in [0.25, 0.3) is 11.8 Å². The first-order valence-corrected chi connectivity index (χ1v) is 9.81. The summed E-state index contributed by atoms with van der Waals surface area (Å²) in [6, 6.07) is 22.8. The molecule has 0 saturated carbocycles. The van der Waals surface area contributed by atoms with Gasteiger partial charge < -0.3 is 4.74 Å². The van der Waals surface area contributed by atoms with Gasteiger partial charge in [-0.05, 0) is 53.8 Å². The van der Waals surface area contributed by atoms with Crippen molar-refractivity contribution in [2.75, 3.05) is 7.11 Å². The number of ether oxygens (including phenoxy) is 1. The molecule has 3 aromatic rings. The lowest BCUT2D eigenvalue weighted by molar-refractivity contribution is 0.0642. The maximum absolute atomic E-state index is 12.5. The zero-order valence-corrected chi connectivity index (χ0v) is 16.7. The predicted molar refractivity (Wildman–Crippen MR) is 115 cm³/mol. The monoisotopic (exact) mass is 398 g/mol. The molecule has 1 aliphatic rings. The van der Waals surface area contributed by atoms with E-state index in [0.717, 1.165) is 24.0 Å². The number of fused-ring (bicyclic) bond motifs is 1. The zero-order valence-electron chi connectivity index (χ0n) is 16.7. The summed E-state index contributed by atoms with van der Waals surface area (Å²) < 4.78 is 4.93. The van der Waals surface area contributed by atoms with Crippen LogP contribution >= 0.6 is 0 Å². The summed E-state index contributed by atoms with van der Waals surface area (Å²) in [5.74, 6) is -0.301. The molecule has 0 fully saturated rings. The first-order valence-electron chi connectivity index (χ1n) is 9.81. The highest BCUT2D eigenvalue weighted by Gasteiger charge is 2.34. The van der Waals surface area contributed by atoms with Gasteiger partial charge in [-0.25, -0.2) is 0 Å². The number of aryl methyl sites for hydroxylation is 2. The third-order valence-corrected chi connectivity index (χ3v) is 5.36. The molecule has 4 rings (SSSR count). The van der Waals surface area contributed by atoms with Crippen LogP contribution in [0.15, 0.2) is 72.8 Å². The lowest BCUT2D eigenvalue weighted by Gasteiger charge is -2.14. The quantitative estimate of drug-likeness (QED) is 0.384. The third-order valence-electron chi connectivity index (χ3n) is 5.36. The number of nitrogens with zero attached hydrogens (tertiary/aromatic N) is 1. The fourth-order valence-electron chi connectivity index (χ4n) is 3.61. The second-order valence-electron chi connectivity index (χ2n) is 7.29. The molecule has 0 saturated heterocycles. The molecule has 0 unspecified atom stereocenters. The summed E-state index contributed by atoms with van der Waals surface area (Å²) in [7, 11) is 1.49. The van der Waals surface area contributed by atoms with Crippen molar-refractivity contribution < 1.29 is 14.3 Å². The molecule has 5 nitrogen and oxygen atoms in total. The Bertz CT molecular complexity index is 1070. The Hall–Kier alpha value is -3.73. The van der Waals surface area contributed by atoms with Crippen LogP contribution < -0.4 is 0 Å². The molecule has 0 atom stereocenters. The van der Waals surface area contributed by atoms with E-state index in [1.54, 1.807) is 24.3 Å². The highest BCUT2D eigenvalue weighted by Crippen LogP contribution is 2.24. The predicted octanol–water partition coefficient (Wildman–Crippen LogP) is 4.24. The lowest BCUT2D eigenvalue weighted by atomic mass is 10.0. The second-order valence-corrected chi connectivity index (χ2v) is 7.29. The van der Waals surface area contributed by atoms with Crippen LogP contribution in [0.5, 0.6) is 0 Å². The normalized spacial score (nSPS) is 12.8. The fraction of sp³-hybridized carbons (Fsp3) is 0.160. The van der Waals surface area contributed by atoms with Crippen molar-refractivity contribution in [3.05, 3.63) is 106 Å². The van der Waals surface area contributed by atoms with Crippen molar-refractivity contribution in [3.63, 3.8) is 0 Å². The number of carbonyl (C=O) groups excluding carboxylic acids is 2. The molecule has 2 amide bonds. The van der Waals surface area contributed by atoms with Crippen LogP contribution in [0.3, 0.4) is 0 Å². The van der Waals surface area contributed by atoms with E-state index in [4.69, 9.17) is 10.1 Å². The topological polar surface area (TPSA) is 70.5 Å². The molecule has 0 aromatic heterocycles. The van der Waals surface area contributed by atoms with Crippen molar-refractivity contribution in [1.82, 2.24) is 4.90 Å². The largest absolute Gasteiger partial charge is 0.481 e. The summed E-state index contributed by atoms with van der Waals surface area (Å²) in [5.41, 5.74) is 5.03. The minimum Gasteiger partial charge on any atom is -0.481 e. The molecule has 0 aliphatic carbocycles. The average Bonchev–Trinajstić information content (AvgIpc) is 3.03. The zero-order chi connectivity index (χ0) is 21.1. The van der Waals surface area contributed by atoms with Crippen LogP contribution in [0.2, 0.25) is 0 Å². The number of hydrogen-bond acceptors (Lipinski definition) is 4. The van der Waals surface area contributed by atoms with Crippen LogP contribution in [0.1, 0.15) is 43.0 Å². The first-order chi connectivity index (χ1) is 14.6. The third kappa shape index (κ3) is 3.87. The highest BCUT2D eigenvalue weighted by atomic mass is 16.5. The van der Waals surface area contributed by atoms with Crippen molar-refractivity contribution >= 4 is 17.7 Å². The maximum Gasteiger partial charge on any atom is 0.261 e. The molecule has 30 heavy (non-hydrogen) atoms. The van der Waals surface area contributed by atoms with Gasteiger partial charge in [0.05, 0.1) is 24.8 Å². The van der Waals surface area contributed by atoms with Gasteiger partial charge in [0, 0.05) is 5.56 Å². The van der Waals surface area contributed by atoms with Gasteiger partial charge in [0.2, 0.25) is 5.90 Å². The molecule has 1 N–H and O–H groups in total. The van der Waals surface area contributed by atoms with E-state index in [2.05, 4.69) is 0 Å². The van der Waals surface area contributed by atoms with E-state index in [0.29, 0.717) is 11.1 Å². The van der Waals surface area contributed by atoms with Gasteiger partial charge in [-0.1, -0.05) is 48.5 Å². The van der Waals surface area contributed by atoms with E-state index < -0.39 is 0 Å². The van der Waals surface area contributed by atoms with Crippen LogP contribution in [0, 0.1) is 5.41 Å². The van der Waals surface area contributed by atoms with E-state index in [1.807, 2.05) is 48.5 Å². The maximum atomic E-state index is 12.5. The van der Waals surface area contributed by atoms with Gasteiger partial charge in [0.15, 0.2) is 0 Å². The Labute approximate surface area is 175 Å². The molecule has 3 aromatic carbocycles.